The van der Waals surface area contributed by atoms with E-state index in [1.54, 1.807) is 17.7 Å². The maximum absolute atomic E-state index is 13.0. The molecule has 2 aliphatic rings. The summed E-state index contributed by atoms with van der Waals surface area (Å²) in [5.74, 6) is 0.871. The molecule has 3 aromatic rings. The van der Waals surface area contributed by atoms with Gasteiger partial charge in [0.05, 0.1) is 17.2 Å². The lowest BCUT2D eigenvalue weighted by Gasteiger charge is -2.40. The highest BCUT2D eigenvalue weighted by Gasteiger charge is 2.43. The molecule has 6 nitrogen and oxygen atoms in total. The van der Waals surface area contributed by atoms with Gasteiger partial charge in [-0.05, 0) is 49.9 Å². The fourth-order valence-corrected chi connectivity index (χ4v) is 4.90. The van der Waals surface area contributed by atoms with Crippen molar-refractivity contribution < 1.29 is 9.53 Å². The van der Waals surface area contributed by atoms with Crippen LogP contribution >= 0.6 is 0 Å². The summed E-state index contributed by atoms with van der Waals surface area (Å²) in [7, 11) is 1.73. The van der Waals surface area contributed by atoms with E-state index in [2.05, 4.69) is 10.6 Å². The number of aromatic nitrogens is 1. The molecule has 1 aliphatic heterocycles. The Labute approximate surface area is 174 Å². The Bertz CT molecular complexity index is 1180. The molecule has 1 saturated carbocycles. The van der Waals surface area contributed by atoms with Crippen LogP contribution in [0.3, 0.4) is 0 Å². The molecule has 30 heavy (non-hydrogen) atoms. The molecule has 0 saturated heterocycles. The normalized spacial score (nSPS) is 19.3. The third kappa shape index (κ3) is 3.22. The van der Waals surface area contributed by atoms with E-state index in [1.165, 1.54) is 6.07 Å². The van der Waals surface area contributed by atoms with Gasteiger partial charge in [0, 0.05) is 30.5 Å². The molecular formula is C24H25N3O3. The summed E-state index contributed by atoms with van der Waals surface area (Å²) >= 11 is 0. The topological polar surface area (TPSA) is 72.4 Å². The van der Waals surface area contributed by atoms with Crippen LogP contribution < -0.4 is 20.9 Å². The Hall–Kier alpha value is -3.28. The Morgan fingerprint density at radius 2 is 1.87 bits per heavy atom. The number of anilines is 1. The first-order chi connectivity index (χ1) is 14.5. The number of pyridine rings is 1. The number of ether oxygens (including phenoxy) is 1. The number of amides is 2. The molecule has 1 aromatic heterocycles. The van der Waals surface area contributed by atoms with Gasteiger partial charge in [-0.1, -0.05) is 24.3 Å². The van der Waals surface area contributed by atoms with Crippen LogP contribution in [-0.4, -0.2) is 16.2 Å². The van der Waals surface area contributed by atoms with Gasteiger partial charge in [-0.25, -0.2) is 4.79 Å². The standard InChI is InChI=1S/C24H25N3O3/c1-27-20-9-6-8-18(16(20)11-12-22(27)28)25-23(29)26-19-15-24(13-4-5-14-24)30-21-10-3-2-7-17(19)21/h2-3,6-12,19H,4-5,13-15H2,1H3,(H2,25,26,29)/t19-/m1/s1. The molecule has 1 aliphatic carbocycles. The predicted molar refractivity (Wildman–Crippen MR) is 117 cm³/mol. The minimum atomic E-state index is -0.258. The lowest BCUT2D eigenvalue weighted by atomic mass is 9.86. The summed E-state index contributed by atoms with van der Waals surface area (Å²) in [5.41, 5.74) is 2.22. The average molecular weight is 403 g/mol. The number of carbonyl (C=O) groups is 1. The molecule has 2 aromatic carbocycles. The van der Waals surface area contributed by atoms with Gasteiger partial charge in [0.15, 0.2) is 0 Å². The molecule has 1 fully saturated rings. The smallest absolute Gasteiger partial charge is 0.319 e. The van der Waals surface area contributed by atoms with Gasteiger partial charge in [0.25, 0.3) is 5.56 Å². The highest BCUT2D eigenvalue weighted by Crippen LogP contribution is 2.47. The molecule has 0 radical (unpaired) electrons. The first-order valence-electron chi connectivity index (χ1n) is 10.5. The van der Waals surface area contributed by atoms with Gasteiger partial charge in [0.2, 0.25) is 0 Å². The quantitative estimate of drug-likeness (QED) is 0.662. The van der Waals surface area contributed by atoms with Gasteiger partial charge in [-0.2, -0.15) is 0 Å². The van der Waals surface area contributed by atoms with Gasteiger partial charge in [-0.15, -0.1) is 0 Å². The first kappa shape index (κ1) is 18.7. The third-order valence-electron chi connectivity index (χ3n) is 6.43. The summed E-state index contributed by atoms with van der Waals surface area (Å²) in [6.07, 6.45) is 5.16. The number of urea groups is 1. The Morgan fingerprint density at radius 3 is 2.70 bits per heavy atom. The fourth-order valence-electron chi connectivity index (χ4n) is 4.90. The van der Waals surface area contributed by atoms with Crippen LogP contribution in [0, 0.1) is 0 Å². The molecule has 6 heteroatoms. The lowest BCUT2D eigenvalue weighted by Crippen LogP contribution is -2.44. The van der Waals surface area contributed by atoms with Gasteiger partial charge >= 0.3 is 6.03 Å². The molecule has 2 heterocycles. The van der Waals surface area contributed by atoms with Crippen LogP contribution in [0.15, 0.2) is 59.4 Å². The number of hydrogen-bond donors (Lipinski definition) is 2. The molecule has 2 amide bonds. The van der Waals surface area contributed by atoms with E-state index in [9.17, 15) is 9.59 Å². The number of rotatable bonds is 2. The van der Waals surface area contributed by atoms with E-state index < -0.39 is 0 Å². The largest absolute Gasteiger partial charge is 0.487 e. The summed E-state index contributed by atoms with van der Waals surface area (Å²) in [6.45, 7) is 0. The van der Waals surface area contributed by atoms with Gasteiger partial charge in [-0.3, -0.25) is 4.79 Å². The average Bonchev–Trinajstić information content (AvgIpc) is 3.18. The monoisotopic (exact) mass is 403 g/mol. The predicted octanol–water partition coefficient (Wildman–Crippen LogP) is 4.50. The first-order valence-corrected chi connectivity index (χ1v) is 10.5. The minimum Gasteiger partial charge on any atom is -0.487 e. The van der Waals surface area contributed by atoms with Crippen molar-refractivity contribution in [2.75, 3.05) is 5.32 Å². The molecular weight excluding hydrogens is 378 g/mol. The second kappa shape index (κ2) is 7.20. The van der Waals surface area contributed by atoms with Crippen molar-refractivity contribution in [1.29, 1.82) is 0 Å². The van der Waals surface area contributed by atoms with Crippen LogP contribution in [-0.2, 0) is 7.05 Å². The third-order valence-corrected chi connectivity index (χ3v) is 6.43. The molecule has 154 valence electrons. The number of fused-ring (bicyclic) bond motifs is 2. The van der Waals surface area contributed by atoms with Crippen molar-refractivity contribution in [3.05, 3.63) is 70.5 Å². The zero-order valence-corrected chi connectivity index (χ0v) is 17.0. The number of nitrogens with one attached hydrogen (secondary N) is 2. The molecule has 1 spiro atoms. The molecule has 1 atom stereocenters. The number of carbonyl (C=O) groups excluding carboxylic acids is 1. The Morgan fingerprint density at radius 1 is 1.07 bits per heavy atom. The van der Waals surface area contributed by atoms with Crippen LogP contribution in [0.5, 0.6) is 5.75 Å². The number of para-hydroxylation sites is 1. The van der Waals surface area contributed by atoms with E-state index in [1.807, 2.05) is 42.5 Å². The van der Waals surface area contributed by atoms with Crippen LogP contribution in [0.2, 0.25) is 0 Å². The molecule has 5 rings (SSSR count). The highest BCUT2D eigenvalue weighted by atomic mass is 16.5. The van der Waals surface area contributed by atoms with Crippen molar-refractivity contribution in [3.8, 4) is 5.75 Å². The van der Waals surface area contributed by atoms with Gasteiger partial charge in [0.1, 0.15) is 11.4 Å². The van der Waals surface area contributed by atoms with Crippen LogP contribution in [0.25, 0.3) is 10.9 Å². The molecule has 0 bridgehead atoms. The molecule has 0 unspecified atom stereocenters. The zero-order chi connectivity index (χ0) is 20.7. The number of aryl methyl sites for hydroxylation is 1. The van der Waals surface area contributed by atoms with E-state index in [4.69, 9.17) is 4.74 Å². The maximum atomic E-state index is 13.0. The van der Waals surface area contributed by atoms with E-state index >= 15 is 0 Å². The fraction of sp³-hybridized carbons (Fsp3) is 0.333. The zero-order valence-electron chi connectivity index (χ0n) is 17.0. The summed E-state index contributed by atoms with van der Waals surface area (Å²) in [6, 6.07) is 16.4. The highest BCUT2D eigenvalue weighted by molar-refractivity contribution is 6.00. The van der Waals surface area contributed by atoms with Crippen molar-refractivity contribution in [2.45, 2.75) is 43.7 Å². The summed E-state index contributed by atoms with van der Waals surface area (Å²) < 4.78 is 7.97. The summed E-state index contributed by atoms with van der Waals surface area (Å²) in [4.78, 5) is 24.9. The van der Waals surface area contributed by atoms with E-state index in [0.717, 1.165) is 54.3 Å². The second-order valence-corrected chi connectivity index (χ2v) is 8.35. The molecule has 2 N–H and O–H groups in total. The van der Waals surface area contributed by atoms with Crippen LogP contribution in [0.1, 0.15) is 43.7 Å². The van der Waals surface area contributed by atoms with Crippen molar-refractivity contribution >= 4 is 22.6 Å². The SMILES string of the molecule is Cn1c(=O)ccc2c(NC(=O)N[C@@H]3CC4(CCCC4)Oc4ccccc43)cccc21. The van der Waals surface area contributed by atoms with E-state index in [0.29, 0.717) is 5.69 Å². The minimum absolute atomic E-state index is 0.0789. The lowest BCUT2D eigenvalue weighted by molar-refractivity contribution is 0.0388. The van der Waals surface area contributed by atoms with E-state index in [-0.39, 0.29) is 23.2 Å². The maximum Gasteiger partial charge on any atom is 0.319 e. The number of hydrogen-bond acceptors (Lipinski definition) is 3. The number of nitrogens with zero attached hydrogens (tertiary/aromatic N) is 1. The van der Waals surface area contributed by atoms with Crippen LogP contribution in [0.4, 0.5) is 10.5 Å². The summed E-state index contributed by atoms with van der Waals surface area (Å²) in [5, 5.41) is 6.98. The van der Waals surface area contributed by atoms with Crippen molar-refractivity contribution in [1.82, 2.24) is 9.88 Å². The Balaban J connectivity index is 1.41. The van der Waals surface area contributed by atoms with Gasteiger partial charge < -0.3 is 19.9 Å². The number of benzene rings is 2. The second-order valence-electron chi connectivity index (χ2n) is 8.35. The Kier molecular flexibility index (Phi) is 4.50. The van der Waals surface area contributed by atoms with Crippen molar-refractivity contribution in [2.24, 2.45) is 7.05 Å². The van der Waals surface area contributed by atoms with Crippen molar-refractivity contribution in [3.63, 3.8) is 0 Å².